The lowest BCUT2D eigenvalue weighted by atomic mass is 9.98. The molecule has 0 saturated carbocycles. The molecular formula is C26H33NO11. The van der Waals surface area contributed by atoms with Crippen molar-refractivity contribution >= 4 is 29.7 Å². The Morgan fingerprint density at radius 2 is 1.34 bits per heavy atom. The first kappa shape index (κ1) is 30.5. The van der Waals surface area contributed by atoms with Crippen LogP contribution in [0, 0.1) is 0 Å². The quantitative estimate of drug-likeness (QED) is 0.175. The molecule has 1 aromatic rings. The van der Waals surface area contributed by atoms with Crippen LogP contribution in [0.25, 0.3) is 0 Å². The molecule has 208 valence electrons. The largest absolute Gasteiger partial charge is 0.463 e. The van der Waals surface area contributed by atoms with Crippen molar-refractivity contribution in [1.29, 1.82) is 0 Å². The predicted octanol–water partition coefficient (Wildman–Crippen LogP) is 1.45. The second kappa shape index (κ2) is 13.7. The summed E-state index contributed by atoms with van der Waals surface area (Å²) in [5.41, 5.74) is 0.786. The first-order valence-electron chi connectivity index (χ1n) is 11.7. The minimum atomic E-state index is -1.37. The zero-order valence-corrected chi connectivity index (χ0v) is 22.3. The number of hydrogen-bond acceptors (Lipinski definition) is 12. The molecule has 1 heterocycles. The summed E-state index contributed by atoms with van der Waals surface area (Å²) in [6.07, 6.45) is -6.52. The van der Waals surface area contributed by atoms with Crippen molar-refractivity contribution in [1.82, 2.24) is 4.90 Å². The normalized spacial score (nSPS) is 22.7. The second-order valence-corrected chi connectivity index (χ2v) is 8.88. The number of hydrogen-bond donors (Lipinski definition) is 0. The average molecular weight is 536 g/mol. The zero-order valence-electron chi connectivity index (χ0n) is 22.3. The van der Waals surface area contributed by atoms with Gasteiger partial charge in [-0.05, 0) is 38.4 Å². The third-order valence-electron chi connectivity index (χ3n) is 5.15. The Morgan fingerprint density at radius 1 is 0.816 bits per heavy atom. The molecule has 1 aliphatic rings. The number of carbonyl (C=O) groups is 5. The van der Waals surface area contributed by atoms with Crippen LogP contribution >= 0.6 is 0 Å². The maximum absolute atomic E-state index is 12.6. The van der Waals surface area contributed by atoms with Gasteiger partial charge in [0.25, 0.3) is 0 Å². The van der Waals surface area contributed by atoms with Crippen molar-refractivity contribution < 1.29 is 52.4 Å². The molecule has 0 bridgehead atoms. The molecule has 1 saturated heterocycles. The number of ketones is 1. The highest BCUT2D eigenvalue weighted by Crippen LogP contribution is 2.31. The number of ether oxygens (including phenoxy) is 6. The van der Waals surface area contributed by atoms with Gasteiger partial charge in [-0.2, -0.15) is 0 Å². The van der Waals surface area contributed by atoms with Gasteiger partial charge < -0.3 is 33.3 Å². The number of Topliss-reactive ketones (excluding diaryl/α,β-unsaturated/α-hetero) is 1. The molecule has 0 amide bonds. The Labute approximate surface area is 220 Å². The summed E-state index contributed by atoms with van der Waals surface area (Å²) in [5, 5.41) is 0. The van der Waals surface area contributed by atoms with E-state index in [-0.39, 0.29) is 18.1 Å². The SMILES string of the molecule is C=C(CN(C)C)C(=O)c1ccc(O[C@@H]2O[C@@H](COC(C)=O)[C@@H](OC(C)=O)[C@H](OC(C)=O)[C@@H]2OC(C)=O)cc1. The molecule has 0 aliphatic carbocycles. The van der Waals surface area contributed by atoms with E-state index < -0.39 is 54.6 Å². The molecule has 2 rings (SSSR count). The maximum Gasteiger partial charge on any atom is 0.303 e. The number of benzene rings is 1. The lowest BCUT2D eigenvalue weighted by Gasteiger charge is -2.43. The first-order chi connectivity index (χ1) is 17.8. The smallest absolute Gasteiger partial charge is 0.303 e. The van der Waals surface area contributed by atoms with Gasteiger partial charge in [0.15, 0.2) is 18.0 Å². The Morgan fingerprint density at radius 3 is 1.84 bits per heavy atom. The molecule has 0 aromatic heterocycles. The third-order valence-corrected chi connectivity index (χ3v) is 5.15. The fourth-order valence-electron chi connectivity index (χ4n) is 3.76. The third kappa shape index (κ3) is 8.96. The van der Waals surface area contributed by atoms with Crippen molar-refractivity contribution in [3.63, 3.8) is 0 Å². The van der Waals surface area contributed by atoms with E-state index in [0.29, 0.717) is 17.7 Å². The van der Waals surface area contributed by atoms with Crippen LogP contribution in [0.15, 0.2) is 36.4 Å². The molecule has 0 radical (unpaired) electrons. The molecule has 0 spiro atoms. The molecule has 0 unspecified atom stereocenters. The van der Waals surface area contributed by atoms with Gasteiger partial charge in [0, 0.05) is 45.4 Å². The lowest BCUT2D eigenvalue weighted by Crippen LogP contribution is -2.63. The van der Waals surface area contributed by atoms with E-state index >= 15 is 0 Å². The molecule has 5 atom stereocenters. The van der Waals surface area contributed by atoms with Gasteiger partial charge in [-0.1, -0.05) is 6.58 Å². The molecule has 38 heavy (non-hydrogen) atoms. The van der Waals surface area contributed by atoms with E-state index in [1.807, 2.05) is 19.0 Å². The molecule has 1 aliphatic heterocycles. The summed E-state index contributed by atoms with van der Waals surface area (Å²) in [5.74, 6) is -2.88. The van der Waals surface area contributed by atoms with Gasteiger partial charge in [0.2, 0.25) is 12.4 Å². The van der Waals surface area contributed by atoms with Crippen LogP contribution in [0.1, 0.15) is 38.1 Å². The Bertz CT molecular complexity index is 1050. The van der Waals surface area contributed by atoms with Gasteiger partial charge in [-0.15, -0.1) is 0 Å². The van der Waals surface area contributed by atoms with Crippen molar-refractivity contribution in [3.05, 3.63) is 42.0 Å². The van der Waals surface area contributed by atoms with Gasteiger partial charge in [-0.3, -0.25) is 24.0 Å². The number of carbonyl (C=O) groups excluding carboxylic acids is 5. The number of rotatable bonds is 11. The lowest BCUT2D eigenvalue weighted by molar-refractivity contribution is -0.288. The molecule has 12 nitrogen and oxygen atoms in total. The van der Waals surface area contributed by atoms with E-state index in [2.05, 4.69) is 6.58 Å². The first-order valence-corrected chi connectivity index (χ1v) is 11.7. The highest BCUT2D eigenvalue weighted by atomic mass is 16.7. The van der Waals surface area contributed by atoms with Crippen LogP contribution in [0.5, 0.6) is 5.75 Å². The van der Waals surface area contributed by atoms with Crippen LogP contribution in [0.4, 0.5) is 0 Å². The minimum Gasteiger partial charge on any atom is -0.463 e. The summed E-state index contributed by atoms with van der Waals surface area (Å²) in [6, 6.07) is 6.07. The van der Waals surface area contributed by atoms with Crippen LogP contribution in [-0.2, 0) is 42.9 Å². The van der Waals surface area contributed by atoms with Crippen molar-refractivity contribution in [3.8, 4) is 5.75 Å². The van der Waals surface area contributed by atoms with E-state index in [1.165, 1.54) is 31.2 Å². The van der Waals surface area contributed by atoms with Gasteiger partial charge in [0.05, 0.1) is 0 Å². The van der Waals surface area contributed by atoms with E-state index in [0.717, 1.165) is 20.8 Å². The molecule has 1 aromatic carbocycles. The molecular weight excluding hydrogens is 502 g/mol. The zero-order chi connectivity index (χ0) is 28.6. The Hall–Kier alpha value is -3.77. The highest BCUT2D eigenvalue weighted by Gasteiger charge is 2.53. The highest BCUT2D eigenvalue weighted by molar-refractivity contribution is 6.08. The Balaban J connectivity index is 2.38. The van der Waals surface area contributed by atoms with Crippen molar-refractivity contribution in [2.75, 3.05) is 27.2 Å². The van der Waals surface area contributed by atoms with Crippen LogP contribution in [-0.4, -0.2) is 92.5 Å². The topological polar surface area (TPSA) is 144 Å². The summed E-state index contributed by atoms with van der Waals surface area (Å²) in [6.45, 7) is 8.41. The summed E-state index contributed by atoms with van der Waals surface area (Å²) < 4.78 is 32.9. The van der Waals surface area contributed by atoms with Crippen molar-refractivity contribution in [2.24, 2.45) is 0 Å². The van der Waals surface area contributed by atoms with E-state index in [9.17, 15) is 24.0 Å². The second-order valence-electron chi connectivity index (χ2n) is 8.88. The summed E-state index contributed by atoms with van der Waals surface area (Å²) in [7, 11) is 3.64. The van der Waals surface area contributed by atoms with E-state index in [1.54, 1.807) is 0 Å². The predicted molar refractivity (Wildman–Crippen MR) is 131 cm³/mol. The van der Waals surface area contributed by atoms with Gasteiger partial charge in [0.1, 0.15) is 18.5 Å². The minimum absolute atomic E-state index is 0.223. The number of esters is 4. The van der Waals surface area contributed by atoms with Gasteiger partial charge >= 0.3 is 23.9 Å². The number of nitrogens with zero attached hydrogens (tertiary/aromatic N) is 1. The van der Waals surface area contributed by atoms with Gasteiger partial charge in [-0.25, -0.2) is 0 Å². The van der Waals surface area contributed by atoms with Crippen LogP contribution in [0.3, 0.4) is 0 Å². The maximum atomic E-state index is 12.6. The number of likely N-dealkylation sites (N-methyl/N-ethyl adjacent to an activating group) is 1. The molecule has 12 heteroatoms. The average Bonchev–Trinajstić information content (AvgIpc) is 2.80. The fourth-order valence-corrected chi connectivity index (χ4v) is 3.76. The molecule has 1 fully saturated rings. The summed E-state index contributed by atoms with van der Waals surface area (Å²) >= 11 is 0. The fraction of sp³-hybridized carbons (Fsp3) is 0.500. The van der Waals surface area contributed by atoms with Crippen LogP contribution < -0.4 is 4.74 Å². The monoisotopic (exact) mass is 535 g/mol. The standard InChI is InChI=1S/C26H33NO11/c1-14(12-27(6)7)22(32)19-8-10-20(11-9-19)37-26-25(36-18(5)31)24(35-17(4)30)23(34-16(3)29)21(38-26)13-33-15(2)28/h8-11,21,23-26H,1,12-13H2,2-7H3/t21-,23+,24-,25-,26+/m0/s1. The van der Waals surface area contributed by atoms with Crippen molar-refractivity contribution in [2.45, 2.75) is 58.4 Å². The Kier molecular flexibility index (Phi) is 11.0. The summed E-state index contributed by atoms with van der Waals surface area (Å²) in [4.78, 5) is 61.5. The molecule has 0 N–H and O–H groups in total. The van der Waals surface area contributed by atoms with Crippen LogP contribution in [0.2, 0.25) is 0 Å². The van der Waals surface area contributed by atoms with E-state index in [4.69, 9.17) is 28.4 Å².